The molecule has 2 amide bonds. The molecule has 6 nitrogen and oxygen atoms in total. The monoisotopic (exact) mass is 446 g/mol. The Morgan fingerprint density at radius 3 is 1.97 bits per heavy atom. The van der Waals surface area contributed by atoms with Gasteiger partial charge in [0.2, 0.25) is 11.8 Å². The van der Waals surface area contributed by atoms with Crippen LogP contribution < -0.4 is 5.32 Å². The third-order valence-corrected chi connectivity index (χ3v) is 5.65. The first-order valence-electron chi connectivity index (χ1n) is 11.5. The molecule has 1 aromatic carbocycles. The predicted octanol–water partition coefficient (Wildman–Crippen LogP) is 4.79. The second-order valence-electron chi connectivity index (χ2n) is 8.44. The van der Waals surface area contributed by atoms with Gasteiger partial charge in [-0.25, -0.2) is 4.79 Å². The number of rotatable bonds is 10. The molecular formula is C26H42N2O4. The molecule has 1 atom stereocenters. The van der Waals surface area contributed by atoms with E-state index in [-0.39, 0.29) is 35.9 Å². The average molecular weight is 447 g/mol. The minimum Gasteiger partial charge on any atom is -0.478 e. The Morgan fingerprint density at radius 1 is 1.06 bits per heavy atom. The normalized spacial score (nSPS) is 12.5. The minimum atomic E-state index is -1.01. The maximum Gasteiger partial charge on any atom is 0.331 e. The topological polar surface area (TPSA) is 86.7 Å². The van der Waals surface area contributed by atoms with Crippen molar-refractivity contribution in [1.29, 1.82) is 0 Å². The van der Waals surface area contributed by atoms with Crippen molar-refractivity contribution >= 4 is 17.8 Å². The summed E-state index contributed by atoms with van der Waals surface area (Å²) < 4.78 is 0. The Labute approximate surface area is 194 Å². The zero-order valence-electron chi connectivity index (χ0n) is 21.1. The largest absolute Gasteiger partial charge is 0.478 e. The number of hydrogen-bond acceptors (Lipinski definition) is 3. The third kappa shape index (κ3) is 8.13. The summed E-state index contributed by atoms with van der Waals surface area (Å²) in [5, 5.41) is 11.9. The molecule has 1 aromatic rings. The van der Waals surface area contributed by atoms with Crippen LogP contribution in [-0.4, -0.2) is 47.4 Å². The Hall–Kier alpha value is -2.63. The van der Waals surface area contributed by atoms with E-state index in [9.17, 15) is 14.4 Å². The molecule has 0 spiro atoms. The fourth-order valence-electron chi connectivity index (χ4n) is 3.56. The van der Waals surface area contributed by atoms with E-state index in [4.69, 9.17) is 5.11 Å². The van der Waals surface area contributed by atoms with Gasteiger partial charge in [0.25, 0.3) is 0 Å². The summed E-state index contributed by atoms with van der Waals surface area (Å²) in [6, 6.07) is 9.24. The fraction of sp³-hybridized carbons (Fsp3) is 0.577. The highest BCUT2D eigenvalue weighted by Gasteiger charge is 2.37. The van der Waals surface area contributed by atoms with Crippen molar-refractivity contribution < 1.29 is 19.5 Å². The van der Waals surface area contributed by atoms with Crippen LogP contribution in [0.2, 0.25) is 0 Å². The van der Waals surface area contributed by atoms with Gasteiger partial charge in [-0.1, -0.05) is 84.4 Å². The Kier molecular flexibility index (Phi) is 13.2. The molecule has 6 heteroatoms. The first-order valence-corrected chi connectivity index (χ1v) is 11.5. The number of hydrogen-bond donors (Lipinski definition) is 2. The van der Waals surface area contributed by atoms with Gasteiger partial charge in [-0.05, 0) is 31.2 Å². The van der Waals surface area contributed by atoms with Gasteiger partial charge >= 0.3 is 5.97 Å². The van der Waals surface area contributed by atoms with Crippen LogP contribution in [-0.2, 0) is 19.8 Å². The number of nitrogens with one attached hydrogen (secondary N) is 1. The van der Waals surface area contributed by atoms with Gasteiger partial charge in [-0.2, -0.15) is 0 Å². The van der Waals surface area contributed by atoms with E-state index in [1.807, 2.05) is 58.0 Å². The number of benzene rings is 1. The second kappa shape index (κ2) is 14.4. The van der Waals surface area contributed by atoms with Gasteiger partial charge in [-0.3, -0.25) is 9.59 Å². The van der Waals surface area contributed by atoms with Crippen LogP contribution in [0.1, 0.15) is 73.3 Å². The van der Waals surface area contributed by atoms with Gasteiger partial charge in [0.1, 0.15) is 0 Å². The standard InChI is InChI=1S/C23H34N2O4.C3H8/c1-7-23(8-2,18-12-10-9-11-13-18)22(29)24-15-20(26)25(6)19(16(3)4)14-17(5)21(27)28;1-3-2/h9-14,16,19H,7-8,15H2,1-6H3,(H,24,29)(H,27,28);3H2,1-2H3/b17-14+;/t19-;/m1./s1. The summed E-state index contributed by atoms with van der Waals surface area (Å²) >= 11 is 0. The molecule has 0 aliphatic carbocycles. The van der Waals surface area contributed by atoms with Crippen molar-refractivity contribution in [2.45, 2.75) is 79.2 Å². The average Bonchev–Trinajstić information content (AvgIpc) is 2.77. The second-order valence-corrected chi connectivity index (χ2v) is 8.44. The van der Waals surface area contributed by atoms with Crippen LogP contribution in [0.15, 0.2) is 42.0 Å². The van der Waals surface area contributed by atoms with Crippen LogP contribution in [0, 0.1) is 5.92 Å². The summed E-state index contributed by atoms with van der Waals surface area (Å²) in [4.78, 5) is 38.4. The van der Waals surface area contributed by atoms with E-state index in [1.54, 1.807) is 13.1 Å². The zero-order valence-corrected chi connectivity index (χ0v) is 21.1. The van der Waals surface area contributed by atoms with E-state index in [1.165, 1.54) is 18.2 Å². The Bertz CT molecular complexity index is 752. The van der Waals surface area contributed by atoms with Crippen molar-refractivity contribution in [1.82, 2.24) is 10.2 Å². The molecule has 2 N–H and O–H groups in total. The highest BCUT2D eigenvalue weighted by atomic mass is 16.4. The summed E-state index contributed by atoms with van der Waals surface area (Å²) in [6.07, 6.45) is 4.08. The van der Waals surface area contributed by atoms with Crippen LogP contribution in [0.5, 0.6) is 0 Å². The first-order chi connectivity index (χ1) is 15.0. The van der Waals surface area contributed by atoms with Gasteiger partial charge in [0.05, 0.1) is 18.0 Å². The number of nitrogens with zero attached hydrogens (tertiary/aromatic N) is 1. The minimum absolute atomic E-state index is 0.0312. The van der Waals surface area contributed by atoms with Crippen molar-refractivity contribution in [3.05, 3.63) is 47.5 Å². The summed E-state index contributed by atoms with van der Waals surface area (Å²) in [7, 11) is 1.63. The molecule has 0 radical (unpaired) electrons. The van der Waals surface area contributed by atoms with Crippen LogP contribution >= 0.6 is 0 Å². The predicted molar refractivity (Wildman–Crippen MR) is 130 cm³/mol. The van der Waals surface area contributed by atoms with Crippen molar-refractivity contribution in [2.75, 3.05) is 13.6 Å². The molecule has 0 aromatic heterocycles. The third-order valence-electron chi connectivity index (χ3n) is 5.65. The number of amides is 2. The van der Waals surface area contributed by atoms with E-state index in [0.29, 0.717) is 12.8 Å². The number of carbonyl (C=O) groups is 3. The van der Waals surface area contributed by atoms with E-state index >= 15 is 0 Å². The molecule has 180 valence electrons. The lowest BCUT2D eigenvalue weighted by molar-refractivity contribution is -0.135. The number of carboxylic acids is 1. The fourth-order valence-corrected chi connectivity index (χ4v) is 3.56. The molecule has 0 unspecified atom stereocenters. The molecule has 32 heavy (non-hydrogen) atoms. The van der Waals surface area contributed by atoms with Gasteiger partial charge in [0.15, 0.2) is 0 Å². The molecule has 0 aliphatic rings. The summed E-state index contributed by atoms with van der Waals surface area (Å²) in [5.74, 6) is -1.42. The van der Waals surface area contributed by atoms with Gasteiger partial charge in [0, 0.05) is 12.6 Å². The summed E-state index contributed by atoms with van der Waals surface area (Å²) in [5.41, 5.74) is 0.438. The van der Waals surface area contributed by atoms with E-state index in [0.717, 1.165) is 5.56 Å². The Balaban J connectivity index is 0.00000302. The van der Waals surface area contributed by atoms with Crippen LogP contribution in [0.3, 0.4) is 0 Å². The molecular weight excluding hydrogens is 404 g/mol. The zero-order chi connectivity index (χ0) is 24.9. The smallest absolute Gasteiger partial charge is 0.331 e. The van der Waals surface area contributed by atoms with Gasteiger partial charge in [-0.15, -0.1) is 0 Å². The lowest BCUT2D eigenvalue weighted by atomic mass is 9.75. The Morgan fingerprint density at radius 2 is 1.56 bits per heavy atom. The van der Waals surface area contributed by atoms with Crippen LogP contribution in [0.4, 0.5) is 0 Å². The first kappa shape index (κ1) is 29.4. The number of carbonyl (C=O) groups excluding carboxylic acids is 2. The SMILES string of the molecule is CCC.CCC(CC)(C(=O)NCC(=O)N(C)[C@H](/C=C(\C)C(=O)O)C(C)C)c1ccccc1. The van der Waals surface area contributed by atoms with Gasteiger partial charge < -0.3 is 15.3 Å². The molecule has 0 aliphatic heterocycles. The number of carboxylic acid groups (broad SMARTS) is 1. The van der Waals surface area contributed by atoms with Crippen molar-refractivity contribution in [2.24, 2.45) is 5.92 Å². The van der Waals surface area contributed by atoms with Crippen molar-refractivity contribution in [3.63, 3.8) is 0 Å². The van der Waals surface area contributed by atoms with Crippen LogP contribution in [0.25, 0.3) is 0 Å². The maximum atomic E-state index is 13.1. The van der Waals surface area contributed by atoms with Crippen molar-refractivity contribution in [3.8, 4) is 0 Å². The molecule has 0 heterocycles. The molecule has 0 fully saturated rings. The number of likely N-dealkylation sites (N-methyl/N-ethyl adjacent to an activating group) is 1. The highest BCUT2D eigenvalue weighted by Crippen LogP contribution is 2.31. The van der Waals surface area contributed by atoms with E-state index < -0.39 is 11.4 Å². The summed E-state index contributed by atoms with van der Waals surface area (Å²) in [6.45, 7) is 13.4. The highest BCUT2D eigenvalue weighted by molar-refractivity contribution is 5.91. The molecule has 0 saturated heterocycles. The lowest BCUT2D eigenvalue weighted by Gasteiger charge is -2.32. The molecule has 0 bridgehead atoms. The quantitative estimate of drug-likeness (QED) is 0.506. The number of aliphatic carboxylic acids is 1. The maximum absolute atomic E-state index is 13.1. The van der Waals surface area contributed by atoms with E-state index in [2.05, 4.69) is 19.2 Å². The lowest BCUT2D eigenvalue weighted by Crippen LogP contribution is -2.49. The molecule has 1 rings (SSSR count). The molecule has 0 saturated carbocycles.